The molecule has 2 aromatic heterocycles. The third-order valence-electron chi connectivity index (χ3n) is 5.14. The smallest absolute Gasteiger partial charge is 0.279 e. The average molecular weight is 348 g/mol. The van der Waals surface area contributed by atoms with Gasteiger partial charge in [0.15, 0.2) is 4.83 Å². The summed E-state index contributed by atoms with van der Waals surface area (Å²) in [7, 11) is 0. The molecule has 1 aliphatic rings. The monoisotopic (exact) mass is 348 g/mol. The van der Waals surface area contributed by atoms with E-state index in [1.807, 2.05) is 6.92 Å². The molecular weight excluding hydrogens is 324 g/mol. The Hall–Kier alpha value is -1.76. The Labute approximate surface area is 145 Å². The van der Waals surface area contributed by atoms with Crippen LogP contribution in [0.25, 0.3) is 10.2 Å². The van der Waals surface area contributed by atoms with E-state index < -0.39 is 11.9 Å². The predicted octanol–water partition coefficient (Wildman–Crippen LogP) is 2.44. The summed E-state index contributed by atoms with van der Waals surface area (Å²) in [6.45, 7) is 8.61. The first kappa shape index (κ1) is 17.1. The van der Waals surface area contributed by atoms with Gasteiger partial charge in [0.25, 0.3) is 5.56 Å². The first-order chi connectivity index (χ1) is 11.2. The largest absolute Gasteiger partial charge is 0.368 e. The van der Waals surface area contributed by atoms with E-state index in [4.69, 9.17) is 5.73 Å². The standard InChI is InChI=1S/C17H24N4O2S/c1-5-11(14(18)22)21-16(23)13-10-7-6-9(17(2,3)4)8-12(10)24-15(13)19-20-21/h9,11H,5-8H2,1-4H3,(H2,18,22). The first-order valence-electron chi connectivity index (χ1n) is 8.43. The third-order valence-corrected chi connectivity index (χ3v) is 6.27. The highest BCUT2D eigenvalue weighted by Crippen LogP contribution is 2.41. The van der Waals surface area contributed by atoms with Crippen LogP contribution in [0.1, 0.15) is 57.0 Å². The van der Waals surface area contributed by atoms with Crippen LogP contribution in [0.4, 0.5) is 0 Å². The fourth-order valence-electron chi connectivity index (χ4n) is 3.54. The van der Waals surface area contributed by atoms with Crippen molar-refractivity contribution in [2.75, 3.05) is 0 Å². The van der Waals surface area contributed by atoms with Gasteiger partial charge in [0, 0.05) is 4.88 Å². The number of amides is 1. The number of nitrogens with two attached hydrogens (primary N) is 1. The molecule has 2 atom stereocenters. The van der Waals surface area contributed by atoms with Gasteiger partial charge in [-0.15, -0.1) is 16.4 Å². The molecule has 1 amide bonds. The average Bonchev–Trinajstić information content (AvgIpc) is 2.87. The maximum Gasteiger partial charge on any atom is 0.279 e. The van der Waals surface area contributed by atoms with Crippen molar-refractivity contribution < 1.29 is 4.79 Å². The molecule has 7 heteroatoms. The fraction of sp³-hybridized carbons (Fsp3) is 0.647. The number of hydrogen-bond acceptors (Lipinski definition) is 5. The molecule has 1 aliphatic carbocycles. The maximum absolute atomic E-state index is 12.9. The summed E-state index contributed by atoms with van der Waals surface area (Å²) in [6, 6.07) is -0.740. The minimum Gasteiger partial charge on any atom is -0.368 e. The summed E-state index contributed by atoms with van der Waals surface area (Å²) >= 11 is 1.57. The zero-order chi connectivity index (χ0) is 17.6. The summed E-state index contributed by atoms with van der Waals surface area (Å²) in [6.07, 6.45) is 3.35. The topological polar surface area (TPSA) is 90.9 Å². The Morgan fingerprint density at radius 2 is 2.17 bits per heavy atom. The molecule has 6 nitrogen and oxygen atoms in total. The number of aromatic nitrogens is 3. The van der Waals surface area contributed by atoms with Crippen LogP contribution in [0, 0.1) is 11.3 Å². The number of fused-ring (bicyclic) bond motifs is 3. The molecule has 2 unspecified atom stereocenters. The number of nitrogens with zero attached hydrogens (tertiary/aromatic N) is 3. The minimum absolute atomic E-state index is 0.239. The zero-order valence-electron chi connectivity index (χ0n) is 14.6. The van der Waals surface area contributed by atoms with Crippen molar-refractivity contribution in [2.45, 2.75) is 59.4 Å². The van der Waals surface area contributed by atoms with Crippen LogP contribution in [-0.2, 0) is 17.6 Å². The van der Waals surface area contributed by atoms with Gasteiger partial charge in [-0.05, 0) is 42.6 Å². The highest BCUT2D eigenvalue weighted by Gasteiger charge is 2.32. The van der Waals surface area contributed by atoms with Crippen LogP contribution in [0.5, 0.6) is 0 Å². The van der Waals surface area contributed by atoms with Gasteiger partial charge in [-0.3, -0.25) is 9.59 Å². The molecule has 3 rings (SSSR count). The second-order valence-corrected chi connectivity index (χ2v) is 8.74. The van der Waals surface area contributed by atoms with E-state index >= 15 is 0 Å². The molecule has 0 spiro atoms. The Kier molecular flexibility index (Phi) is 4.23. The Morgan fingerprint density at radius 1 is 1.46 bits per heavy atom. The van der Waals surface area contributed by atoms with Crippen LogP contribution in [0.15, 0.2) is 4.79 Å². The normalized spacial score (nSPS) is 19.2. The van der Waals surface area contributed by atoms with E-state index in [1.54, 1.807) is 11.3 Å². The number of aryl methyl sites for hydroxylation is 1. The molecule has 2 heterocycles. The summed E-state index contributed by atoms with van der Waals surface area (Å²) in [4.78, 5) is 26.4. The van der Waals surface area contributed by atoms with Gasteiger partial charge in [-0.25, -0.2) is 0 Å². The first-order valence-corrected chi connectivity index (χ1v) is 9.24. The quantitative estimate of drug-likeness (QED) is 0.922. The second kappa shape index (κ2) is 5.95. The summed E-state index contributed by atoms with van der Waals surface area (Å²) in [5.41, 5.74) is 6.52. The van der Waals surface area contributed by atoms with Crippen molar-refractivity contribution in [1.29, 1.82) is 0 Å². The number of rotatable bonds is 3. The van der Waals surface area contributed by atoms with Crippen molar-refractivity contribution in [3.05, 3.63) is 20.8 Å². The highest BCUT2D eigenvalue weighted by atomic mass is 32.1. The van der Waals surface area contributed by atoms with Crippen molar-refractivity contribution in [1.82, 2.24) is 15.0 Å². The SMILES string of the molecule is CCC(C(N)=O)n1nnc2sc3c(c2c1=O)CCC(C(C)(C)C)C3. The lowest BCUT2D eigenvalue weighted by Crippen LogP contribution is -2.36. The van der Waals surface area contributed by atoms with Crippen molar-refractivity contribution in [3.63, 3.8) is 0 Å². The molecule has 0 fully saturated rings. The van der Waals surface area contributed by atoms with E-state index in [9.17, 15) is 9.59 Å². The highest BCUT2D eigenvalue weighted by molar-refractivity contribution is 7.18. The molecule has 0 aliphatic heterocycles. The van der Waals surface area contributed by atoms with Gasteiger partial charge in [-0.2, -0.15) is 4.68 Å². The summed E-state index contributed by atoms with van der Waals surface area (Å²) in [5.74, 6) is 0.0485. The fourth-order valence-corrected chi connectivity index (χ4v) is 4.78. The third kappa shape index (κ3) is 2.75. The minimum atomic E-state index is -0.740. The lowest BCUT2D eigenvalue weighted by molar-refractivity contribution is -0.121. The van der Waals surface area contributed by atoms with Gasteiger partial charge in [0.05, 0.1) is 5.39 Å². The van der Waals surface area contributed by atoms with Gasteiger partial charge in [0.2, 0.25) is 5.91 Å². The van der Waals surface area contributed by atoms with Crippen LogP contribution < -0.4 is 11.3 Å². The maximum atomic E-state index is 12.9. The summed E-state index contributed by atoms with van der Waals surface area (Å²) in [5, 5.41) is 8.82. The number of primary amides is 1. The van der Waals surface area contributed by atoms with E-state index in [-0.39, 0.29) is 11.0 Å². The Balaban J connectivity index is 2.11. The Bertz CT molecular complexity index is 847. The molecule has 2 N–H and O–H groups in total. The zero-order valence-corrected chi connectivity index (χ0v) is 15.4. The van der Waals surface area contributed by atoms with Gasteiger partial charge in [0.1, 0.15) is 6.04 Å². The van der Waals surface area contributed by atoms with Crippen LogP contribution in [-0.4, -0.2) is 20.9 Å². The van der Waals surface area contributed by atoms with Crippen LogP contribution in [0.3, 0.4) is 0 Å². The number of thiophene rings is 1. The van der Waals surface area contributed by atoms with Crippen molar-refractivity contribution >= 4 is 27.5 Å². The van der Waals surface area contributed by atoms with E-state index in [0.717, 1.165) is 29.5 Å². The molecule has 24 heavy (non-hydrogen) atoms. The van der Waals surface area contributed by atoms with Crippen LogP contribution >= 0.6 is 11.3 Å². The molecule has 0 aromatic carbocycles. The summed E-state index contributed by atoms with van der Waals surface area (Å²) < 4.78 is 1.16. The van der Waals surface area contributed by atoms with Crippen molar-refractivity contribution in [2.24, 2.45) is 17.1 Å². The number of hydrogen-bond donors (Lipinski definition) is 1. The van der Waals surface area contributed by atoms with Crippen molar-refractivity contribution in [3.8, 4) is 0 Å². The lowest BCUT2D eigenvalue weighted by atomic mass is 9.72. The molecule has 0 saturated heterocycles. The molecular formula is C17H24N4O2S. The van der Waals surface area contributed by atoms with E-state index in [0.29, 0.717) is 22.6 Å². The molecule has 0 radical (unpaired) electrons. The van der Waals surface area contributed by atoms with E-state index in [1.165, 1.54) is 4.88 Å². The number of carbonyl (C=O) groups excluding carboxylic acids is 1. The lowest BCUT2D eigenvalue weighted by Gasteiger charge is -2.33. The Morgan fingerprint density at radius 3 is 2.75 bits per heavy atom. The number of carbonyl (C=O) groups is 1. The molecule has 0 bridgehead atoms. The van der Waals surface area contributed by atoms with E-state index in [2.05, 4.69) is 31.1 Å². The predicted molar refractivity (Wildman–Crippen MR) is 95.2 cm³/mol. The molecule has 130 valence electrons. The van der Waals surface area contributed by atoms with Crippen LogP contribution in [0.2, 0.25) is 0 Å². The molecule has 0 saturated carbocycles. The van der Waals surface area contributed by atoms with Gasteiger partial charge < -0.3 is 5.73 Å². The second-order valence-electron chi connectivity index (χ2n) is 7.66. The van der Waals surface area contributed by atoms with Gasteiger partial charge >= 0.3 is 0 Å². The molecule has 2 aromatic rings. The van der Waals surface area contributed by atoms with Gasteiger partial charge in [-0.1, -0.05) is 32.9 Å².